The Bertz CT molecular complexity index is 275. The van der Waals surface area contributed by atoms with Crippen LogP contribution in [0.15, 0.2) is 30.3 Å². The molecule has 4 nitrogen and oxygen atoms in total. The van der Waals surface area contributed by atoms with E-state index in [9.17, 15) is 0 Å². The van der Waals surface area contributed by atoms with Crippen LogP contribution in [0.5, 0.6) is 0 Å². The number of nitrogens with two attached hydrogens (primary N) is 2. The molecule has 6 N–H and O–H groups in total. The van der Waals surface area contributed by atoms with Gasteiger partial charge in [-0.3, -0.25) is 10.8 Å². The van der Waals surface area contributed by atoms with E-state index >= 15 is 0 Å². The summed E-state index contributed by atoms with van der Waals surface area (Å²) in [4.78, 5) is 0. The van der Waals surface area contributed by atoms with E-state index in [2.05, 4.69) is 0 Å². The molecule has 0 fully saturated rings. The molecule has 0 spiro atoms. The van der Waals surface area contributed by atoms with E-state index in [0.29, 0.717) is 0 Å². The van der Waals surface area contributed by atoms with Crippen LogP contribution in [-0.2, 0) is 0 Å². The first-order chi connectivity index (χ1) is 6.04. The van der Waals surface area contributed by atoms with Gasteiger partial charge in [-0.2, -0.15) is 0 Å². The molecule has 4 heteroatoms. The fourth-order valence-corrected chi connectivity index (χ4v) is 0.618. The SMILES string of the molecule is CC(=N)N.N=C(N)c1ccccc1. The van der Waals surface area contributed by atoms with Gasteiger partial charge >= 0.3 is 0 Å². The number of hydrogen-bond acceptors (Lipinski definition) is 2. The number of rotatable bonds is 1. The minimum atomic E-state index is 0.121. The smallest absolute Gasteiger partial charge is 0.122 e. The highest BCUT2D eigenvalue weighted by atomic mass is 14.7. The lowest BCUT2D eigenvalue weighted by Crippen LogP contribution is -2.10. The van der Waals surface area contributed by atoms with Gasteiger partial charge in [-0.25, -0.2) is 0 Å². The summed E-state index contributed by atoms with van der Waals surface area (Å²) in [6.45, 7) is 1.53. The van der Waals surface area contributed by atoms with Crippen LogP contribution in [0.1, 0.15) is 12.5 Å². The van der Waals surface area contributed by atoms with E-state index in [-0.39, 0.29) is 11.7 Å². The van der Waals surface area contributed by atoms with Crippen molar-refractivity contribution in [3.05, 3.63) is 35.9 Å². The molecule has 0 radical (unpaired) electrons. The summed E-state index contributed by atoms with van der Waals surface area (Å²) >= 11 is 0. The summed E-state index contributed by atoms with van der Waals surface area (Å²) in [6.07, 6.45) is 0. The summed E-state index contributed by atoms with van der Waals surface area (Å²) in [7, 11) is 0. The van der Waals surface area contributed by atoms with Gasteiger partial charge in [-0.1, -0.05) is 30.3 Å². The van der Waals surface area contributed by atoms with E-state index in [4.69, 9.17) is 22.3 Å². The van der Waals surface area contributed by atoms with Gasteiger partial charge in [0.2, 0.25) is 0 Å². The van der Waals surface area contributed by atoms with Gasteiger partial charge in [-0.05, 0) is 6.92 Å². The maximum Gasteiger partial charge on any atom is 0.122 e. The van der Waals surface area contributed by atoms with Crippen LogP contribution in [-0.4, -0.2) is 11.7 Å². The second kappa shape index (κ2) is 5.77. The fourth-order valence-electron chi connectivity index (χ4n) is 0.618. The molecule has 0 atom stereocenters. The molecule has 0 bridgehead atoms. The third kappa shape index (κ3) is 6.55. The lowest BCUT2D eigenvalue weighted by Gasteiger charge is -1.93. The van der Waals surface area contributed by atoms with Crippen molar-refractivity contribution >= 4 is 11.7 Å². The molecule has 1 aromatic carbocycles. The lowest BCUT2D eigenvalue weighted by atomic mass is 10.2. The van der Waals surface area contributed by atoms with Gasteiger partial charge in [0.1, 0.15) is 5.84 Å². The average Bonchev–Trinajstić information content (AvgIpc) is 2.05. The van der Waals surface area contributed by atoms with E-state index in [0.717, 1.165) is 5.56 Å². The van der Waals surface area contributed by atoms with Crippen LogP contribution < -0.4 is 11.5 Å². The van der Waals surface area contributed by atoms with Crippen molar-refractivity contribution in [1.82, 2.24) is 0 Å². The zero-order valence-electron chi connectivity index (χ0n) is 7.54. The summed E-state index contributed by atoms with van der Waals surface area (Å²) in [5.41, 5.74) is 10.7. The maximum absolute atomic E-state index is 7.01. The molecule has 0 unspecified atom stereocenters. The molecular formula is C9H14N4. The second-order valence-corrected chi connectivity index (χ2v) is 2.46. The molecule has 0 aliphatic carbocycles. The number of benzene rings is 1. The minimum Gasteiger partial charge on any atom is -0.388 e. The molecule has 13 heavy (non-hydrogen) atoms. The van der Waals surface area contributed by atoms with Gasteiger partial charge in [-0.15, -0.1) is 0 Å². The Morgan fingerprint density at radius 2 is 1.46 bits per heavy atom. The highest BCUT2D eigenvalue weighted by Crippen LogP contribution is 1.94. The lowest BCUT2D eigenvalue weighted by molar-refractivity contribution is 1.42. The standard InChI is InChI=1S/C7H8N2.C2H6N2/c8-7(9)6-4-2-1-3-5-6;1-2(3)4/h1-5H,(H3,8,9);1H3,(H3,3,4). The van der Waals surface area contributed by atoms with E-state index in [1.54, 1.807) is 0 Å². The molecule has 0 aliphatic heterocycles. The first kappa shape index (κ1) is 11.2. The Morgan fingerprint density at radius 3 is 1.69 bits per heavy atom. The Morgan fingerprint density at radius 1 is 1.08 bits per heavy atom. The average molecular weight is 178 g/mol. The van der Waals surface area contributed by atoms with Crippen LogP contribution in [0.2, 0.25) is 0 Å². The zero-order valence-corrected chi connectivity index (χ0v) is 7.54. The molecule has 0 aliphatic rings. The van der Waals surface area contributed by atoms with Crippen LogP contribution >= 0.6 is 0 Å². The number of nitrogens with one attached hydrogen (secondary N) is 2. The number of amidine groups is 2. The van der Waals surface area contributed by atoms with Crippen LogP contribution in [0.25, 0.3) is 0 Å². The molecule has 0 saturated heterocycles. The van der Waals surface area contributed by atoms with Crippen molar-refractivity contribution in [3.63, 3.8) is 0 Å². The third-order valence-electron chi connectivity index (χ3n) is 1.08. The Kier molecular flexibility index (Phi) is 4.95. The third-order valence-corrected chi connectivity index (χ3v) is 1.08. The zero-order chi connectivity index (χ0) is 10.3. The first-order valence-corrected chi connectivity index (χ1v) is 3.74. The summed E-state index contributed by atoms with van der Waals surface area (Å²) in [5.74, 6) is 0.288. The summed E-state index contributed by atoms with van der Waals surface area (Å²) < 4.78 is 0. The van der Waals surface area contributed by atoms with E-state index in [1.165, 1.54) is 6.92 Å². The highest BCUT2D eigenvalue weighted by Gasteiger charge is 1.89. The van der Waals surface area contributed by atoms with Crippen molar-refractivity contribution < 1.29 is 0 Å². The molecule has 0 aromatic heterocycles. The van der Waals surface area contributed by atoms with Crippen LogP contribution in [0.3, 0.4) is 0 Å². The molecule has 1 aromatic rings. The van der Waals surface area contributed by atoms with Crippen LogP contribution in [0, 0.1) is 10.8 Å². The minimum absolute atomic E-state index is 0.121. The molecule has 0 saturated carbocycles. The monoisotopic (exact) mass is 178 g/mol. The summed E-state index contributed by atoms with van der Waals surface area (Å²) in [6, 6.07) is 9.23. The van der Waals surface area contributed by atoms with Gasteiger partial charge in [0, 0.05) is 5.56 Å². The Labute approximate surface area is 77.6 Å². The molecule has 0 amide bonds. The van der Waals surface area contributed by atoms with Crippen molar-refractivity contribution in [2.75, 3.05) is 0 Å². The molecule has 1 rings (SSSR count). The predicted octanol–water partition coefficient (Wildman–Crippen LogP) is 0.913. The van der Waals surface area contributed by atoms with Crippen molar-refractivity contribution in [3.8, 4) is 0 Å². The van der Waals surface area contributed by atoms with Crippen molar-refractivity contribution in [2.24, 2.45) is 11.5 Å². The quantitative estimate of drug-likeness (QED) is 0.379. The van der Waals surface area contributed by atoms with Gasteiger partial charge in [0.05, 0.1) is 5.84 Å². The molecule has 0 heterocycles. The molecular weight excluding hydrogens is 164 g/mol. The normalized spacial score (nSPS) is 8.08. The van der Waals surface area contributed by atoms with Gasteiger partial charge in [0.25, 0.3) is 0 Å². The number of nitrogen functional groups attached to an aromatic ring is 1. The number of hydrogen-bond donors (Lipinski definition) is 4. The maximum atomic E-state index is 7.01. The molecule has 70 valence electrons. The van der Waals surface area contributed by atoms with E-state index < -0.39 is 0 Å². The first-order valence-electron chi connectivity index (χ1n) is 3.74. The Hall–Kier alpha value is -1.84. The largest absolute Gasteiger partial charge is 0.388 e. The second-order valence-electron chi connectivity index (χ2n) is 2.46. The Balaban J connectivity index is 0.000000310. The van der Waals surface area contributed by atoms with Crippen LogP contribution in [0.4, 0.5) is 0 Å². The van der Waals surface area contributed by atoms with E-state index in [1.807, 2.05) is 30.3 Å². The topological polar surface area (TPSA) is 99.7 Å². The van der Waals surface area contributed by atoms with Crippen molar-refractivity contribution in [1.29, 1.82) is 10.8 Å². The highest BCUT2D eigenvalue weighted by molar-refractivity contribution is 5.94. The predicted molar refractivity (Wildman–Crippen MR) is 55.0 cm³/mol. The summed E-state index contributed by atoms with van der Waals surface area (Å²) in [5, 5.41) is 13.3. The fraction of sp³-hybridized carbons (Fsp3) is 0.111. The van der Waals surface area contributed by atoms with Crippen molar-refractivity contribution in [2.45, 2.75) is 6.92 Å². The van der Waals surface area contributed by atoms with Gasteiger partial charge in [0.15, 0.2) is 0 Å². The van der Waals surface area contributed by atoms with Gasteiger partial charge < -0.3 is 11.5 Å².